The molecule has 1 aliphatic rings. The van der Waals surface area contributed by atoms with Crippen LogP contribution in [0.5, 0.6) is 5.75 Å². The van der Waals surface area contributed by atoms with Gasteiger partial charge in [0.25, 0.3) is 0 Å². The van der Waals surface area contributed by atoms with Crippen molar-refractivity contribution in [2.45, 2.75) is 12.8 Å². The summed E-state index contributed by atoms with van der Waals surface area (Å²) >= 11 is 0. The normalized spacial score (nSPS) is 16.9. The summed E-state index contributed by atoms with van der Waals surface area (Å²) in [5.74, 6) is 0.254. The van der Waals surface area contributed by atoms with E-state index in [-0.39, 0.29) is 12.4 Å². The second-order valence-corrected chi connectivity index (χ2v) is 6.15. The Morgan fingerprint density at radius 2 is 1.74 bits per heavy atom. The van der Waals surface area contributed by atoms with E-state index in [1.165, 1.54) is 5.56 Å². The van der Waals surface area contributed by atoms with Gasteiger partial charge >= 0.3 is 0 Å². The van der Waals surface area contributed by atoms with E-state index in [0.29, 0.717) is 5.52 Å². The monoisotopic (exact) mass is 315 g/mol. The number of aliphatic hydroxyl groups excluding tert-OH is 1. The van der Waals surface area contributed by atoms with E-state index in [1.54, 1.807) is 12.3 Å². The van der Waals surface area contributed by atoms with Crippen LogP contribution in [0.15, 0.2) is 30.5 Å². The molecule has 0 amide bonds. The molecule has 1 fully saturated rings. The van der Waals surface area contributed by atoms with Gasteiger partial charge in [-0.1, -0.05) is 12.1 Å². The highest BCUT2D eigenvalue weighted by atomic mass is 16.3. The molecule has 0 radical (unpaired) electrons. The molecule has 0 saturated carbocycles. The number of pyridine rings is 1. The molecule has 5 nitrogen and oxygen atoms in total. The topological polar surface area (TPSA) is 59.8 Å². The number of phenolic OH excluding ortho intramolecular Hbond substituents is 1. The summed E-state index contributed by atoms with van der Waals surface area (Å²) in [5, 5.41) is 19.9. The van der Waals surface area contributed by atoms with E-state index in [4.69, 9.17) is 5.11 Å². The lowest BCUT2D eigenvalue weighted by molar-refractivity contribution is 0.112. The zero-order chi connectivity index (χ0) is 16.1. The summed E-state index contributed by atoms with van der Waals surface area (Å²) in [6.07, 6.45) is 3.83. The van der Waals surface area contributed by atoms with E-state index >= 15 is 0 Å². The van der Waals surface area contributed by atoms with Gasteiger partial charge in [-0.25, -0.2) is 0 Å². The Morgan fingerprint density at radius 3 is 2.48 bits per heavy atom. The molecule has 3 rings (SSSR count). The summed E-state index contributed by atoms with van der Waals surface area (Å²) in [5.41, 5.74) is 1.95. The van der Waals surface area contributed by atoms with E-state index in [1.807, 2.05) is 18.2 Å². The number of aromatic hydroxyl groups is 1. The third kappa shape index (κ3) is 3.99. The number of β-amino-alcohol motifs (C(OH)–C–C–N with tert-alkyl or cyclic N) is 1. The quantitative estimate of drug-likeness (QED) is 0.846. The van der Waals surface area contributed by atoms with Gasteiger partial charge in [-0.2, -0.15) is 0 Å². The van der Waals surface area contributed by atoms with Gasteiger partial charge in [0.2, 0.25) is 0 Å². The predicted octanol–water partition coefficient (Wildman–Crippen LogP) is 1.48. The standard InChI is InChI=1S/C18H25N3O2/c22-14-13-21-11-9-20(10-12-21)8-2-3-15-5-6-17(23)18-16(15)4-1-7-19-18/h1,4-7,22-23H,2-3,8-14H2. The third-order valence-corrected chi connectivity index (χ3v) is 4.64. The van der Waals surface area contributed by atoms with Crippen molar-refractivity contribution < 1.29 is 10.2 Å². The van der Waals surface area contributed by atoms with Gasteiger partial charge in [-0.15, -0.1) is 0 Å². The number of hydrogen-bond donors (Lipinski definition) is 2. The van der Waals surface area contributed by atoms with Crippen LogP contribution in [0.4, 0.5) is 0 Å². The van der Waals surface area contributed by atoms with Crippen LogP contribution in [0.3, 0.4) is 0 Å². The Hall–Kier alpha value is -1.69. The lowest BCUT2D eigenvalue weighted by Gasteiger charge is -2.34. The van der Waals surface area contributed by atoms with Crippen molar-refractivity contribution in [2.24, 2.45) is 0 Å². The predicted molar refractivity (Wildman–Crippen MR) is 91.7 cm³/mol. The number of hydrogen-bond acceptors (Lipinski definition) is 5. The number of aliphatic hydroxyl groups is 1. The lowest BCUT2D eigenvalue weighted by Crippen LogP contribution is -2.47. The van der Waals surface area contributed by atoms with Gasteiger partial charge in [0, 0.05) is 44.3 Å². The zero-order valence-corrected chi connectivity index (χ0v) is 13.5. The van der Waals surface area contributed by atoms with Crippen molar-refractivity contribution in [1.82, 2.24) is 14.8 Å². The highest BCUT2D eigenvalue weighted by molar-refractivity contribution is 5.87. The van der Waals surface area contributed by atoms with E-state index in [2.05, 4.69) is 14.8 Å². The molecule has 0 bridgehead atoms. The molecule has 5 heteroatoms. The molecule has 2 N–H and O–H groups in total. The molecule has 0 spiro atoms. The van der Waals surface area contributed by atoms with Crippen LogP contribution in [-0.2, 0) is 6.42 Å². The first-order valence-corrected chi connectivity index (χ1v) is 8.39. The van der Waals surface area contributed by atoms with Gasteiger partial charge in [0.05, 0.1) is 6.61 Å². The van der Waals surface area contributed by atoms with Crippen LogP contribution >= 0.6 is 0 Å². The van der Waals surface area contributed by atoms with Crippen molar-refractivity contribution in [3.63, 3.8) is 0 Å². The number of phenols is 1. The maximum absolute atomic E-state index is 9.90. The Kier molecular flexibility index (Phi) is 5.43. The molecule has 1 saturated heterocycles. The number of aromatic nitrogens is 1. The molecule has 2 heterocycles. The number of rotatable bonds is 6. The van der Waals surface area contributed by atoms with E-state index < -0.39 is 0 Å². The molecular formula is C18H25N3O2. The average molecular weight is 315 g/mol. The molecule has 23 heavy (non-hydrogen) atoms. The second-order valence-electron chi connectivity index (χ2n) is 6.15. The molecule has 1 aromatic carbocycles. The Morgan fingerprint density at radius 1 is 1.00 bits per heavy atom. The third-order valence-electron chi connectivity index (χ3n) is 4.64. The highest BCUT2D eigenvalue weighted by Crippen LogP contribution is 2.26. The number of aryl methyl sites for hydroxylation is 1. The fraction of sp³-hybridized carbons (Fsp3) is 0.500. The number of fused-ring (bicyclic) bond motifs is 1. The van der Waals surface area contributed by atoms with Gasteiger partial charge in [0.15, 0.2) is 0 Å². The minimum absolute atomic E-state index is 0.252. The summed E-state index contributed by atoms with van der Waals surface area (Å²) in [6, 6.07) is 7.72. The number of nitrogens with zero attached hydrogens (tertiary/aromatic N) is 3. The van der Waals surface area contributed by atoms with Crippen LogP contribution in [0.25, 0.3) is 10.9 Å². The minimum Gasteiger partial charge on any atom is -0.506 e. The van der Waals surface area contributed by atoms with Gasteiger partial charge in [-0.05, 0) is 37.1 Å². The van der Waals surface area contributed by atoms with Crippen molar-refractivity contribution in [1.29, 1.82) is 0 Å². The molecule has 124 valence electrons. The van der Waals surface area contributed by atoms with Crippen LogP contribution in [0.2, 0.25) is 0 Å². The molecule has 1 aliphatic heterocycles. The van der Waals surface area contributed by atoms with Crippen LogP contribution in [0, 0.1) is 0 Å². The average Bonchev–Trinajstić information content (AvgIpc) is 2.59. The molecule has 1 aromatic heterocycles. The first kappa shape index (κ1) is 16.2. The van der Waals surface area contributed by atoms with Crippen molar-refractivity contribution in [3.05, 3.63) is 36.0 Å². The molecular weight excluding hydrogens is 290 g/mol. The maximum Gasteiger partial charge on any atom is 0.141 e. The van der Waals surface area contributed by atoms with Crippen molar-refractivity contribution in [2.75, 3.05) is 45.9 Å². The Balaban J connectivity index is 1.53. The molecule has 0 atom stereocenters. The first-order chi connectivity index (χ1) is 11.3. The summed E-state index contributed by atoms with van der Waals surface area (Å²) in [7, 11) is 0. The van der Waals surface area contributed by atoms with Crippen LogP contribution in [0.1, 0.15) is 12.0 Å². The van der Waals surface area contributed by atoms with Crippen LogP contribution in [-0.4, -0.2) is 70.9 Å². The molecule has 2 aromatic rings. The van der Waals surface area contributed by atoms with E-state index in [9.17, 15) is 5.11 Å². The largest absolute Gasteiger partial charge is 0.506 e. The Bertz CT molecular complexity index is 639. The fourth-order valence-electron chi connectivity index (χ4n) is 3.31. The van der Waals surface area contributed by atoms with E-state index in [0.717, 1.165) is 57.5 Å². The summed E-state index contributed by atoms with van der Waals surface area (Å²) in [6.45, 7) is 6.40. The minimum atomic E-state index is 0.252. The fourth-order valence-corrected chi connectivity index (χ4v) is 3.31. The smallest absolute Gasteiger partial charge is 0.141 e. The SMILES string of the molecule is OCCN1CCN(CCCc2ccc(O)c3ncccc23)CC1. The number of piperazine rings is 1. The van der Waals surface area contributed by atoms with Gasteiger partial charge < -0.3 is 15.1 Å². The zero-order valence-electron chi connectivity index (χ0n) is 13.5. The Labute approximate surface area is 137 Å². The van der Waals surface area contributed by atoms with Crippen LogP contribution < -0.4 is 0 Å². The van der Waals surface area contributed by atoms with Crippen molar-refractivity contribution >= 4 is 10.9 Å². The van der Waals surface area contributed by atoms with Gasteiger partial charge in [0.1, 0.15) is 11.3 Å². The highest BCUT2D eigenvalue weighted by Gasteiger charge is 2.15. The summed E-state index contributed by atoms with van der Waals surface area (Å²) < 4.78 is 0. The molecule has 0 aliphatic carbocycles. The molecule has 0 unspecified atom stereocenters. The summed E-state index contributed by atoms with van der Waals surface area (Å²) in [4.78, 5) is 9.09. The van der Waals surface area contributed by atoms with Gasteiger partial charge in [-0.3, -0.25) is 9.88 Å². The maximum atomic E-state index is 9.90. The first-order valence-electron chi connectivity index (χ1n) is 8.39. The second kappa shape index (κ2) is 7.73. The number of benzene rings is 1. The van der Waals surface area contributed by atoms with Crippen molar-refractivity contribution in [3.8, 4) is 5.75 Å². The lowest BCUT2D eigenvalue weighted by atomic mass is 10.0.